The maximum absolute atomic E-state index is 13.6. The molecule has 3 fully saturated rings. The second-order valence-electron chi connectivity index (χ2n) is 15.2. The molecule has 1 saturated carbocycles. The van der Waals surface area contributed by atoms with Gasteiger partial charge in [0.2, 0.25) is 5.91 Å². The lowest BCUT2D eigenvalue weighted by Gasteiger charge is -2.42. The van der Waals surface area contributed by atoms with Gasteiger partial charge in [0.1, 0.15) is 0 Å². The molecule has 12 heteroatoms. The SMILES string of the molecule is CC(C)(C)[Si](C)(C)O[C@H]1CC[C@H](N2CC[C@@H](Cc3c(Cl)cc(-c4ccc(C(=O)N5CCN(CC(F)(F)F)CC5)cc4)cc3Cl)C2=O)CC1. The van der Waals surface area contributed by atoms with E-state index in [1.165, 1.54) is 4.90 Å². The van der Waals surface area contributed by atoms with Crippen LogP contribution in [0.5, 0.6) is 0 Å². The van der Waals surface area contributed by atoms with Crippen molar-refractivity contribution in [2.75, 3.05) is 39.3 Å². The van der Waals surface area contributed by atoms with Gasteiger partial charge in [-0.05, 0) is 97.6 Å². The number of alkyl halides is 3. The summed E-state index contributed by atoms with van der Waals surface area (Å²) in [5.74, 6) is -0.183. The Morgan fingerprint density at radius 3 is 2.00 bits per heavy atom. The van der Waals surface area contributed by atoms with Crippen molar-refractivity contribution in [1.29, 1.82) is 0 Å². The summed E-state index contributed by atoms with van der Waals surface area (Å²) >= 11 is 13.6. The molecule has 48 heavy (non-hydrogen) atoms. The molecule has 2 aromatic rings. The van der Waals surface area contributed by atoms with Gasteiger partial charge < -0.3 is 14.2 Å². The molecule has 1 atom stereocenters. The van der Waals surface area contributed by atoms with Crippen LogP contribution in [0.4, 0.5) is 13.2 Å². The minimum Gasteiger partial charge on any atom is -0.414 e. The fourth-order valence-corrected chi connectivity index (χ4v) is 9.01. The average Bonchev–Trinajstić information content (AvgIpc) is 3.37. The summed E-state index contributed by atoms with van der Waals surface area (Å²) in [6, 6.07) is 11.0. The smallest absolute Gasteiger partial charge is 0.401 e. The summed E-state index contributed by atoms with van der Waals surface area (Å²) in [7, 11) is -1.82. The van der Waals surface area contributed by atoms with Crippen molar-refractivity contribution < 1.29 is 27.2 Å². The van der Waals surface area contributed by atoms with Crippen molar-refractivity contribution in [3.63, 3.8) is 0 Å². The number of carbonyl (C=O) groups excluding carboxylic acids is 2. The summed E-state index contributed by atoms with van der Waals surface area (Å²) < 4.78 is 44.8. The third kappa shape index (κ3) is 8.78. The van der Waals surface area contributed by atoms with Gasteiger partial charge in [-0.2, -0.15) is 13.2 Å². The van der Waals surface area contributed by atoms with Crippen LogP contribution >= 0.6 is 23.2 Å². The van der Waals surface area contributed by atoms with E-state index < -0.39 is 21.0 Å². The molecule has 0 aromatic heterocycles. The summed E-state index contributed by atoms with van der Waals surface area (Å²) in [4.78, 5) is 31.6. The molecule has 2 saturated heterocycles. The van der Waals surface area contributed by atoms with Gasteiger partial charge in [0.15, 0.2) is 8.32 Å². The van der Waals surface area contributed by atoms with Crippen molar-refractivity contribution in [2.45, 2.75) is 95.8 Å². The molecule has 264 valence electrons. The van der Waals surface area contributed by atoms with Gasteiger partial charge in [0.25, 0.3) is 5.91 Å². The van der Waals surface area contributed by atoms with Crippen LogP contribution in [0.3, 0.4) is 0 Å². The molecule has 0 unspecified atom stereocenters. The average molecular weight is 727 g/mol. The van der Waals surface area contributed by atoms with Gasteiger partial charge in [-0.1, -0.05) is 56.1 Å². The van der Waals surface area contributed by atoms with E-state index in [1.807, 2.05) is 24.3 Å². The molecule has 5 rings (SSSR count). The molecule has 0 N–H and O–H groups in total. The maximum atomic E-state index is 13.6. The lowest BCUT2D eigenvalue weighted by atomic mass is 9.92. The Morgan fingerprint density at radius 2 is 1.46 bits per heavy atom. The molecule has 2 amide bonds. The highest BCUT2D eigenvalue weighted by molar-refractivity contribution is 6.74. The number of hydrogen-bond acceptors (Lipinski definition) is 4. The largest absolute Gasteiger partial charge is 0.414 e. The number of halogens is 5. The van der Waals surface area contributed by atoms with E-state index >= 15 is 0 Å². The Kier molecular flexibility index (Phi) is 11.3. The van der Waals surface area contributed by atoms with Gasteiger partial charge >= 0.3 is 6.18 Å². The first-order valence-corrected chi connectivity index (χ1v) is 20.7. The van der Waals surface area contributed by atoms with E-state index in [0.29, 0.717) is 22.0 Å². The number of piperazine rings is 1. The molecule has 0 radical (unpaired) electrons. The third-order valence-corrected chi connectivity index (χ3v) is 16.0. The molecule has 2 aliphatic heterocycles. The molecule has 6 nitrogen and oxygen atoms in total. The quantitative estimate of drug-likeness (QED) is 0.256. The van der Waals surface area contributed by atoms with Gasteiger partial charge in [-0.15, -0.1) is 0 Å². The van der Waals surface area contributed by atoms with Crippen LogP contribution in [0.2, 0.25) is 28.2 Å². The number of benzene rings is 2. The zero-order chi connectivity index (χ0) is 35.0. The summed E-state index contributed by atoms with van der Waals surface area (Å²) in [5, 5.41) is 1.19. The van der Waals surface area contributed by atoms with Crippen molar-refractivity contribution in [3.05, 3.63) is 57.6 Å². The van der Waals surface area contributed by atoms with E-state index in [0.717, 1.165) is 55.3 Å². The normalized spacial score (nSPS) is 23.2. The second kappa shape index (κ2) is 14.6. The Hall–Kier alpha value is -2.11. The predicted molar refractivity (Wildman–Crippen MR) is 188 cm³/mol. The van der Waals surface area contributed by atoms with Gasteiger partial charge in [-0.25, -0.2) is 0 Å². The predicted octanol–water partition coefficient (Wildman–Crippen LogP) is 8.70. The fraction of sp³-hybridized carbons (Fsp3) is 0.611. The fourth-order valence-electron chi connectivity index (χ4n) is 6.94. The van der Waals surface area contributed by atoms with Crippen LogP contribution in [0.25, 0.3) is 11.1 Å². The zero-order valence-electron chi connectivity index (χ0n) is 28.6. The maximum Gasteiger partial charge on any atom is 0.401 e. The molecular formula is C36H48Cl2F3N3O3Si. The molecule has 3 aliphatic rings. The van der Waals surface area contributed by atoms with Crippen LogP contribution in [0.15, 0.2) is 36.4 Å². The highest BCUT2D eigenvalue weighted by Crippen LogP contribution is 2.41. The molecule has 0 spiro atoms. The number of carbonyl (C=O) groups is 2. The standard InChI is InChI=1S/C36H48Cl2F3N3O3Si/c1-35(2,3)48(4,5)47-29-12-10-28(11-13-29)44-15-14-26(34(44)46)20-30-31(37)21-27(22-32(30)38)24-6-8-25(9-7-24)33(45)43-18-16-42(17-19-43)23-36(39,40)41/h6-9,21-22,26,28-29H,10-20,23H2,1-5H3/t26-,28-,29-/m0/s1. The summed E-state index contributed by atoms with van der Waals surface area (Å²) in [6.45, 7) is 12.1. The van der Waals surface area contributed by atoms with Crippen LogP contribution in [-0.2, 0) is 15.6 Å². The number of likely N-dealkylation sites (tertiary alicyclic amines) is 1. The van der Waals surface area contributed by atoms with Gasteiger partial charge in [0, 0.05) is 66.4 Å². The molecule has 2 heterocycles. The Morgan fingerprint density at radius 1 is 0.875 bits per heavy atom. The van der Waals surface area contributed by atoms with Gasteiger partial charge in [-0.3, -0.25) is 14.5 Å². The summed E-state index contributed by atoms with van der Waals surface area (Å²) in [6.07, 6.45) is 1.21. The lowest BCUT2D eigenvalue weighted by Crippen LogP contribution is -2.50. The first kappa shape index (κ1) is 37.1. The minimum absolute atomic E-state index is 0.160. The lowest BCUT2D eigenvalue weighted by molar-refractivity contribution is -0.148. The van der Waals surface area contributed by atoms with Gasteiger partial charge in [0.05, 0.1) is 6.54 Å². The Balaban J connectivity index is 1.15. The number of rotatable bonds is 8. The molecule has 1 aliphatic carbocycles. The monoisotopic (exact) mass is 725 g/mol. The summed E-state index contributed by atoms with van der Waals surface area (Å²) in [5.41, 5.74) is 2.86. The van der Waals surface area contributed by atoms with Crippen LogP contribution in [-0.4, -0.2) is 92.4 Å². The zero-order valence-corrected chi connectivity index (χ0v) is 31.1. The first-order chi connectivity index (χ1) is 22.4. The number of amides is 2. The molecule has 2 aromatic carbocycles. The van der Waals surface area contributed by atoms with Crippen LogP contribution in [0, 0.1) is 5.92 Å². The van der Waals surface area contributed by atoms with E-state index in [2.05, 4.69) is 38.8 Å². The Labute approximate surface area is 294 Å². The Bertz CT molecular complexity index is 1440. The van der Waals surface area contributed by atoms with E-state index in [9.17, 15) is 22.8 Å². The van der Waals surface area contributed by atoms with Crippen molar-refractivity contribution in [2.24, 2.45) is 5.92 Å². The highest BCUT2D eigenvalue weighted by Gasteiger charge is 2.42. The van der Waals surface area contributed by atoms with Crippen LogP contribution in [0.1, 0.15) is 68.8 Å². The minimum atomic E-state index is -4.25. The van der Waals surface area contributed by atoms with Crippen molar-refractivity contribution in [3.8, 4) is 11.1 Å². The number of nitrogens with zero attached hydrogens (tertiary/aromatic N) is 3. The van der Waals surface area contributed by atoms with E-state index in [1.54, 1.807) is 17.0 Å². The van der Waals surface area contributed by atoms with Crippen molar-refractivity contribution >= 4 is 43.3 Å². The molecular weight excluding hydrogens is 678 g/mol. The van der Waals surface area contributed by atoms with Crippen molar-refractivity contribution in [1.82, 2.24) is 14.7 Å². The van der Waals surface area contributed by atoms with Crippen LogP contribution < -0.4 is 0 Å². The van der Waals surface area contributed by atoms with E-state index in [4.69, 9.17) is 27.6 Å². The number of hydrogen-bond donors (Lipinski definition) is 0. The topological polar surface area (TPSA) is 53.1 Å². The second-order valence-corrected chi connectivity index (χ2v) is 20.8. The first-order valence-electron chi connectivity index (χ1n) is 17.1. The van der Waals surface area contributed by atoms with E-state index in [-0.39, 0.29) is 61.1 Å². The molecule has 0 bridgehead atoms. The highest BCUT2D eigenvalue weighted by atomic mass is 35.5. The third-order valence-electron chi connectivity index (χ3n) is 10.8.